The Labute approximate surface area is 117 Å². The van der Waals surface area contributed by atoms with Gasteiger partial charge in [0.2, 0.25) is 0 Å². The number of rotatable bonds is 1. The Balaban J connectivity index is 1.72. The highest BCUT2D eigenvalue weighted by Crippen LogP contribution is 2.30. The van der Waals surface area contributed by atoms with Gasteiger partial charge in [-0.05, 0) is 31.9 Å². The van der Waals surface area contributed by atoms with Crippen LogP contribution in [0.1, 0.15) is 18.5 Å². The Morgan fingerprint density at radius 2 is 1.90 bits per heavy atom. The normalized spacial score (nSPS) is 21.5. The molecular weight excluding hydrogens is 258 g/mol. The number of hydrogen-bond acceptors (Lipinski definition) is 5. The van der Waals surface area contributed by atoms with Gasteiger partial charge in [-0.15, -0.1) is 5.10 Å². The molecule has 1 N–H and O–H groups in total. The molecule has 2 fully saturated rings. The largest absolute Gasteiger partial charge is 0.355 e. The molecule has 1 spiro atoms. The third-order valence-electron chi connectivity index (χ3n) is 4.09. The Bertz CT molecular complexity index is 548. The first-order valence-corrected chi connectivity index (χ1v) is 6.67. The maximum absolute atomic E-state index is 12.2. The van der Waals surface area contributed by atoms with Crippen LogP contribution < -0.4 is 10.2 Å². The first kappa shape index (κ1) is 12.8. The van der Waals surface area contributed by atoms with Crippen molar-refractivity contribution in [2.45, 2.75) is 25.3 Å². The zero-order chi connectivity index (χ0) is 14.3. The number of nitrogens with zero attached hydrogens (tertiary/aromatic N) is 4. The molecule has 0 aromatic carbocycles. The van der Waals surface area contributed by atoms with Crippen LogP contribution in [0.3, 0.4) is 0 Å². The number of nitrogens with one attached hydrogen (secondary N) is 1. The van der Waals surface area contributed by atoms with Crippen molar-refractivity contribution in [3.05, 3.63) is 17.8 Å². The zero-order valence-corrected chi connectivity index (χ0v) is 11.6. The van der Waals surface area contributed by atoms with Crippen LogP contribution >= 0.6 is 0 Å². The molecule has 0 unspecified atom stereocenters. The SMILES string of the molecule is Cc1ccc(N2CCC3(CC2)NC(=O)N(C)C3=O)nn1. The van der Waals surface area contributed by atoms with Gasteiger partial charge in [-0.3, -0.25) is 9.69 Å². The van der Waals surface area contributed by atoms with Crippen molar-refractivity contribution in [2.24, 2.45) is 0 Å². The van der Waals surface area contributed by atoms with Gasteiger partial charge in [0, 0.05) is 20.1 Å². The van der Waals surface area contributed by atoms with Crippen molar-refractivity contribution in [1.29, 1.82) is 0 Å². The second-order valence-electron chi connectivity index (χ2n) is 5.40. The standard InChI is InChI=1S/C13H17N5O2/c1-9-3-4-10(16-15-9)18-7-5-13(6-8-18)11(19)17(2)12(20)14-13/h3-4H,5-8H2,1-2H3,(H,14,20). The number of anilines is 1. The second kappa shape index (κ2) is 4.43. The summed E-state index contributed by atoms with van der Waals surface area (Å²) in [6.45, 7) is 3.25. The Morgan fingerprint density at radius 1 is 1.20 bits per heavy atom. The fourth-order valence-corrected chi connectivity index (χ4v) is 2.77. The molecule has 0 atom stereocenters. The van der Waals surface area contributed by atoms with E-state index < -0.39 is 5.54 Å². The highest BCUT2D eigenvalue weighted by atomic mass is 16.2. The summed E-state index contributed by atoms with van der Waals surface area (Å²) in [7, 11) is 1.52. The molecule has 106 valence electrons. The van der Waals surface area contributed by atoms with E-state index in [2.05, 4.69) is 20.4 Å². The summed E-state index contributed by atoms with van der Waals surface area (Å²) < 4.78 is 0. The summed E-state index contributed by atoms with van der Waals surface area (Å²) in [6.07, 6.45) is 1.19. The number of hydrogen-bond donors (Lipinski definition) is 1. The second-order valence-corrected chi connectivity index (χ2v) is 5.40. The fraction of sp³-hybridized carbons (Fsp3) is 0.538. The van der Waals surface area contributed by atoms with Gasteiger partial charge in [0.15, 0.2) is 5.82 Å². The minimum Gasteiger partial charge on any atom is -0.355 e. The van der Waals surface area contributed by atoms with Crippen LogP contribution in [0.5, 0.6) is 0 Å². The number of likely N-dealkylation sites (N-methyl/N-ethyl adjacent to an activating group) is 1. The van der Waals surface area contributed by atoms with E-state index in [0.717, 1.165) is 11.5 Å². The molecule has 3 heterocycles. The fourth-order valence-electron chi connectivity index (χ4n) is 2.77. The molecule has 1 aromatic heterocycles. The first-order valence-electron chi connectivity index (χ1n) is 6.67. The lowest BCUT2D eigenvalue weighted by molar-refractivity contribution is -0.131. The molecule has 0 aliphatic carbocycles. The van der Waals surface area contributed by atoms with E-state index in [9.17, 15) is 9.59 Å². The number of urea groups is 1. The molecule has 7 heteroatoms. The molecule has 0 saturated carbocycles. The van der Waals surface area contributed by atoms with Gasteiger partial charge in [-0.2, -0.15) is 5.10 Å². The lowest BCUT2D eigenvalue weighted by Crippen LogP contribution is -2.55. The number of amides is 3. The Hall–Kier alpha value is -2.18. The summed E-state index contributed by atoms with van der Waals surface area (Å²) in [5, 5.41) is 11.0. The molecule has 0 radical (unpaired) electrons. The minimum absolute atomic E-state index is 0.128. The van der Waals surface area contributed by atoms with Crippen molar-refractivity contribution < 1.29 is 9.59 Å². The molecule has 3 rings (SSSR count). The van der Waals surface area contributed by atoms with Gasteiger partial charge < -0.3 is 10.2 Å². The predicted molar refractivity (Wildman–Crippen MR) is 72.2 cm³/mol. The van der Waals surface area contributed by atoms with E-state index in [1.165, 1.54) is 11.9 Å². The number of carbonyl (C=O) groups excluding carboxylic acids is 2. The summed E-state index contributed by atoms with van der Waals surface area (Å²) in [6, 6.07) is 3.54. The molecular formula is C13H17N5O2. The lowest BCUT2D eigenvalue weighted by atomic mass is 9.87. The molecule has 2 aliphatic rings. The van der Waals surface area contributed by atoms with Gasteiger partial charge in [0.25, 0.3) is 5.91 Å². The Kier molecular flexibility index (Phi) is 2.84. The van der Waals surface area contributed by atoms with Crippen LogP contribution in [0.2, 0.25) is 0 Å². The van der Waals surface area contributed by atoms with Crippen molar-refractivity contribution in [2.75, 3.05) is 25.0 Å². The minimum atomic E-state index is -0.722. The number of carbonyl (C=O) groups is 2. The van der Waals surface area contributed by atoms with E-state index in [1.54, 1.807) is 0 Å². The first-order chi connectivity index (χ1) is 9.52. The van der Waals surface area contributed by atoms with Crippen LogP contribution in [0.4, 0.5) is 10.6 Å². The molecule has 1 aromatic rings. The van der Waals surface area contributed by atoms with E-state index in [4.69, 9.17) is 0 Å². The monoisotopic (exact) mass is 275 g/mol. The molecule has 3 amide bonds. The van der Waals surface area contributed by atoms with Crippen LogP contribution in [0, 0.1) is 6.92 Å². The quantitative estimate of drug-likeness (QED) is 0.746. The van der Waals surface area contributed by atoms with Crippen LogP contribution in [-0.4, -0.2) is 52.7 Å². The van der Waals surface area contributed by atoms with Gasteiger partial charge in [-0.25, -0.2) is 4.79 Å². The number of imide groups is 1. The van der Waals surface area contributed by atoms with E-state index in [0.29, 0.717) is 25.9 Å². The van der Waals surface area contributed by atoms with Crippen molar-refractivity contribution in [1.82, 2.24) is 20.4 Å². The number of piperidine rings is 1. The third kappa shape index (κ3) is 1.90. The topological polar surface area (TPSA) is 78.4 Å². The number of aryl methyl sites for hydroxylation is 1. The average molecular weight is 275 g/mol. The van der Waals surface area contributed by atoms with Crippen LogP contribution in [0.25, 0.3) is 0 Å². The van der Waals surface area contributed by atoms with Gasteiger partial charge in [0.05, 0.1) is 5.69 Å². The van der Waals surface area contributed by atoms with Crippen molar-refractivity contribution in [3.8, 4) is 0 Å². The van der Waals surface area contributed by atoms with Crippen molar-refractivity contribution in [3.63, 3.8) is 0 Å². The van der Waals surface area contributed by atoms with Gasteiger partial charge in [-0.1, -0.05) is 0 Å². The van der Waals surface area contributed by atoms with Crippen LogP contribution in [0.15, 0.2) is 12.1 Å². The maximum Gasteiger partial charge on any atom is 0.324 e. The Morgan fingerprint density at radius 3 is 2.40 bits per heavy atom. The van der Waals surface area contributed by atoms with Crippen molar-refractivity contribution >= 4 is 17.8 Å². The van der Waals surface area contributed by atoms with E-state index in [-0.39, 0.29) is 11.9 Å². The third-order valence-corrected chi connectivity index (χ3v) is 4.09. The highest BCUT2D eigenvalue weighted by Gasteiger charge is 2.51. The summed E-state index contributed by atoms with van der Waals surface area (Å²) in [5.74, 6) is 0.688. The smallest absolute Gasteiger partial charge is 0.324 e. The van der Waals surface area contributed by atoms with Crippen LogP contribution in [-0.2, 0) is 4.79 Å². The zero-order valence-electron chi connectivity index (χ0n) is 11.6. The maximum atomic E-state index is 12.2. The highest BCUT2D eigenvalue weighted by molar-refractivity contribution is 6.06. The average Bonchev–Trinajstić information content (AvgIpc) is 2.66. The summed E-state index contributed by atoms with van der Waals surface area (Å²) in [5.41, 5.74) is 0.155. The predicted octanol–water partition coefficient (Wildman–Crippen LogP) is 0.306. The molecule has 2 aliphatic heterocycles. The molecule has 2 saturated heterocycles. The summed E-state index contributed by atoms with van der Waals surface area (Å²) in [4.78, 5) is 27.0. The molecule has 20 heavy (non-hydrogen) atoms. The van der Waals surface area contributed by atoms with Gasteiger partial charge in [0.1, 0.15) is 5.54 Å². The van der Waals surface area contributed by atoms with Gasteiger partial charge >= 0.3 is 6.03 Å². The summed E-state index contributed by atoms with van der Waals surface area (Å²) >= 11 is 0. The van der Waals surface area contributed by atoms with E-state index in [1.807, 2.05) is 19.1 Å². The lowest BCUT2D eigenvalue weighted by Gasteiger charge is -2.37. The number of aromatic nitrogens is 2. The van der Waals surface area contributed by atoms with E-state index >= 15 is 0 Å². The molecule has 7 nitrogen and oxygen atoms in total. The molecule has 0 bridgehead atoms.